The molecular weight excluding hydrogens is 334 g/mol. The summed E-state index contributed by atoms with van der Waals surface area (Å²) in [7, 11) is 0. The molecule has 0 saturated heterocycles. The van der Waals surface area contributed by atoms with Crippen LogP contribution in [0, 0.1) is 5.92 Å². The molecule has 0 aliphatic heterocycles. The molecule has 2 rings (SSSR count). The van der Waals surface area contributed by atoms with Gasteiger partial charge in [0.25, 0.3) is 0 Å². The predicted molar refractivity (Wildman–Crippen MR) is 104 cm³/mol. The molecule has 0 heterocycles. The van der Waals surface area contributed by atoms with Crippen molar-refractivity contribution in [2.24, 2.45) is 5.92 Å². The Labute approximate surface area is 157 Å². The minimum absolute atomic E-state index is 0.0965. The maximum atomic E-state index is 11.5. The summed E-state index contributed by atoms with van der Waals surface area (Å²) >= 11 is 6.08. The van der Waals surface area contributed by atoms with Gasteiger partial charge in [-0.15, -0.1) is 0 Å². The molecule has 1 aliphatic rings. The number of hydrogen-bond donors (Lipinski definition) is 1. The largest absolute Gasteiger partial charge is 0.464 e. The van der Waals surface area contributed by atoms with Crippen molar-refractivity contribution in [3.05, 3.63) is 34.9 Å². The Morgan fingerprint density at radius 1 is 1.28 bits per heavy atom. The number of ether oxygens (including phenoxy) is 1. The van der Waals surface area contributed by atoms with E-state index >= 15 is 0 Å². The van der Waals surface area contributed by atoms with E-state index in [0.717, 1.165) is 17.9 Å². The second-order valence-corrected chi connectivity index (χ2v) is 8.06. The lowest BCUT2D eigenvalue weighted by Gasteiger charge is -2.49. The Morgan fingerprint density at radius 2 is 1.96 bits per heavy atom. The molecule has 1 aromatic carbocycles. The van der Waals surface area contributed by atoms with Crippen molar-refractivity contribution in [1.82, 2.24) is 5.32 Å². The third-order valence-corrected chi connectivity index (χ3v) is 5.50. The lowest BCUT2D eigenvalue weighted by molar-refractivity contribution is -0.143. The Hall–Kier alpha value is -1.06. The second kappa shape index (κ2) is 9.59. The van der Waals surface area contributed by atoms with Gasteiger partial charge in [0.1, 0.15) is 6.61 Å². The van der Waals surface area contributed by atoms with E-state index in [1.165, 1.54) is 24.8 Å². The van der Waals surface area contributed by atoms with Crippen LogP contribution >= 0.6 is 11.6 Å². The second-order valence-electron chi connectivity index (χ2n) is 7.62. The Balaban J connectivity index is 2.02. The van der Waals surface area contributed by atoms with Crippen molar-refractivity contribution < 1.29 is 9.53 Å². The number of carbonyl (C=O) groups excluding carboxylic acids is 1. The van der Waals surface area contributed by atoms with Gasteiger partial charge in [0.15, 0.2) is 0 Å². The molecular formula is C21H32ClNO2. The van der Waals surface area contributed by atoms with Gasteiger partial charge in [-0.05, 0) is 49.3 Å². The molecule has 1 fully saturated rings. The molecule has 3 nitrogen and oxygen atoms in total. The minimum Gasteiger partial charge on any atom is -0.464 e. The SMILES string of the molecule is CCCC(=O)OCCNC(CC(C)C)C1(c2ccc(Cl)cc2)CCC1. The first kappa shape index (κ1) is 20.3. The van der Waals surface area contributed by atoms with E-state index in [0.29, 0.717) is 31.5 Å². The molecule has 0 bridgehead atoms. The van der Waals surface area contributed by atoms with Crippen LogP contribution in [0.25, 0.3) is 0 Å². The zero-order valence-electron chi connectivity index (χ0n) is 15.8. The van der Waals surface area contributed by atoms with E-state index in [4.69, 9.17) is 16.3 Å². The molecule has 1 aromatic rings. The van der Waals surface area contributed by atoms with Crippen LogP contribution in [-0.4, -0.2) is 25.2 Å². The highest BCUT2D eigenvalue weighted by atomic mass is 35.5. The van der Waals surface area contributed by atoms with Gasteiger partial charge >= 0.3 is 5.97 Å². The number of halogens is 1. The molecule has 0 aromatic heterocycles. The number of rotatable bonds is 10. The number of hydrogen-bond acceptors (Lipinski definition) is 3. The number of nitrogens with one attached hydrogen (secondary N) is 1. The van der Waals surface area contributed by atoms with Gasteiger partial charge in [0, 0.05) is 29.4 Å². The molecule has 1 aliphatic carbocycles. The number of esters is 1. The normalized spacial score (nSPS) is 17.2. The van der Waals surface area contributed by atoms with Crippen LogP contribution in [0.1, 0.15) is 64.9 Å². The van der Waals surface area contributed by atoms with Gasteiger partial charge in [-0.2, -0.15) is 0 Å². The molecule has 0 radical (unpaired) electrons. The summed E-state index contributed by atoms with van der Waals surface area (Å²) in [6.07, 6.45) is 6.13. The summed E-state index contributed by atoms with van der Waals surface area (Å²) in [5, 5.41) is 4.48. The zero-order chi connectivity index (χ0) is 18.3. The van der Waals surface area contributed by atoms with Crippen LogP contribution in [0.5, 0.6) is 0 Å². The highest BCUT2D eigenvalue weighted by molar-refractivity contribution is 6.30. The van der Waals surface area contributed by atoms with Gasteiger partial charge in [-0.25, -0.2) is 0 Å². The number of carbonyl (C=O) groups is 1. The minimum atomic E-state index is -0.0965. The fraction of sp³-hybridized carbons (Fsp3) is 0.667. The smallest absolute Gasteiger partial charge is 0.305 e. The summed E-state index contributed by atoms with van der Waals surface area (Å²) in [5.74, 6) is 0.519. The summed E-state index contributed by atoms with van der Waals surface area (Å²) < 4.78 is 5.30. The zero-order valence-corrected chi connectivity index (χ0v) is 16.6. The van der Waals surface area contributed by atoms with Crippen LogP contribution in [0.4, 0.5) is 0 Å². The third-order valence-electron chi connectivity index (χ3n) is 5.25. The first-order valence-corrected chi connectivity index (χ1v) is 10.0. The first-order chi connectivity index (χ1) is 12.0. The van der Waals surface area contributed by atoms with Crippen molar-refractivity contribution in [2.45, 2.75) is 70.8 Å². The monoisotopic (exact) mass is 365 g/mol. The number of benzene rings is 1. The van der Waals surface area contributed by atoms with Crippen molar-refractivity contribution in [3.8, 4) is 0 Å². The van der Waals surface area contributed by atoms with Crippen LogP contribution in [-0.2, 0) is 14.9 Å². The Kier molecular flexibility index (Phi) is 7.77. The molecule has 25 heavy (non-hydrogen) atoms. The summed E-state index contributed by atoms with van der Waals surface area (Å²) in [6.45, 7) is 7.69. The van der Waals surface area contributed by atoms with Crippen LogP contribution in [0.2, 0.25) is 5.02 Å². The van der Waals surface area contributed by atoms with E-state index in [-0.39, 0.29) is 11.4 Å². The summed E-state index contributed by atoms with van der Waals surface area (Å²) in [6, 6.07) is 8.74. The quantitative estimate of drug-likeness (QED) is 0.462. The first-order valence-electron chi connectivity index (χ1n) is 9.63. The van der Waals surface area contributed by atoms with Gasteiger partial charge in [0.2, 0.25) is 0 Å². The average Bonchev–Trinajstić information content (AvgIpc) is 2.51. The van der Waals surface area contributed by atoms with Crippen molar-refractivity contribution in [1.29, 1.82) is 0 Å². The molecule has 0 amide bonds. The molecule has 1 N–H and O–H groups in total. The molecule has 1 atom stereocenters. The van der Waals surface area contributed by atoms with Crippen molar-refractivity contribution in [3.63, 3.8) is 0 Å². The standard InChI is InChI=1S/C21H32ClNO2/c1-4-6-20(24)25-14-13-23-19(15-16(2)3)21(11-5-12-21)17-7-9-18(22)10-8-17/h7-10,16,19,23H,4-6,11-15H2,1-3H3. The van der Waals surface area contributed by atoms with E-state index in [1.54, 1.807) is 0 Å². The summed E-state index contributed by atoms with van der Waals surface area (Å²) in [4.78, 5) is 11.5. The van der Waals surface area contributed by atoms with E-state index in [9.17, 15) is 4.79 Å². The van der Waals surface area contributed by atoms with Crippen molar-refractivity contribution >= 4 is 17.6 Å². The summed E-state index contributed by atoms with van der Waals surface area (Å²) in [5.41, 5.74) is 1.56. The van der Waals surface area contributed by atoms with Crippen LogP contribution in [0.15, 0.2) is 24.3 Å². The van der Waals surface area contributed by atoms with E-state index in [2.05, 4.69) is 31.3 Å². The molecule has 4 heteroatoms. The maximum Gasteiger partial charge on any atom is 0.305 e. The van der Waals surface area contributed by atoms with Crippen LogP contribution in [0.3, 0.4) is 0 Å². The fourth-order valence-electron chi connectivity index (χ4n) is 3.83. The van der Waals surface area contributed by atoms with Crippen LogP contribution < -0.4 is 5.32 Å². The fourth-order valence-corrected chi connectivity index (χ4v) is 3.95. The topological polar surface area (TPSA) is 38.3 Å². The lowest BCUT2D eigenvalue weighted by Crippen LogP contribution is -2.54. The molecule has 1 unspecified atom stereocenters. The maximum absolute atomic E-state index is 11.5. The Bertz CT molecular complexity index is 537. The molecule has 0 spiro atoms. The van der Waals surface area contributed by atoms with Gasteiger partial charge in [-0.3, -0.25) is 4.79 Å². The predicted octanol–water partition coefficient (Wildman–Crippen LogP) is 5.11. The Morgan fingerprint density at radius 3 is 2.48 bits per heavy atom. The molecule has 140 valence electrons. The van der Waals surface area contributed by atoms with Gasteiger partial charge in [-0.1, -0.05) is 50.9 Å². The van der Waals surface area contributed by atoms with Crippen molar-refractivity contribution in [2.75, 3.05) is 13.2 Å². The van der Waals surface area contributed by atoms with E-state index < -0.39 is 0 Å². The highest BCUT2D eigenvalue weighted by Gasteiger charge is 2.45. The highest BCUT2D eigenvalue weighted by Crippen LogP contribution is 2.48. The third kappa shape index (κ3) is 5.46. The van der Waals surface area contributed by atoms with Gasteiger partial charge in [0.05, 0.1) is 0 Å². The lowest BCUT2D eigenvalue weighted by atomic mass is 9.59. The average molecular weight is 366 g/mol. The molecule has 1 saturated carbocycles. The van der Waals surface area contributed by atoms with Gasteiger partial charge < -0.3 is 10.1 Å². The van der Waals surface area contributed by atoms with E-state index in [1.807, 2.05) is 19.1 Å².